The van der Waals surface area contributed by atoms with Crippen molar-refractivity contribution in [3.05, 3.63) is 64.7 Å². The Bertz CT molecular complexity index is 1020. The Hall–Kier alpha value is -2.39. The van der Waals surface area contributed by atoms with Crippen molar-refractivity contribution in [1.82, 2.24) is 10.0 Å². The van der Waals surface area contributed by atoms with Crippen LogP contribution in [0.2, 0.25) is 0 Å². The van der Waals surface area contributed by atoms with E-state index < -0.39 is 33.1 Å². The summed E-state index contributed by atoms with van der Waals surface area (Å²) in [6.45, 7) is 5.17. The fraction of sp³-hybridized carbons (Fsp3) is 0.350. The van der Waals surface area contributed by atoms with Crippen molar-refractivity contribution < 1.29 is 26.4 Å². The molecule has 9 heteroatoms. The molecule has 0 aliphatic rings. The monoisotopic (exact) mass is 428 g/mol. The zero-order valence-corrected chi connectivity index (χ0v) is 17.3. The van der Waals surface area contributed by atoms with Gasteiger partial charge >= 0.3 is 6.18 Å². The van der Waals surface area contributed by atoms with Crippen LogP contribution in [0.5, 0.6) is 0 Å². The SMILES string of the molecule is CNS(=O)(=O)c1ccc(C)c(C(=O)NCC(C)(C)c2cccc(C(F)(F)F)c2)c1. The van der Waals surface area contributed by atoms with Gasteiger partial charge in [-0.05, 0) is 43.3 Å². The number of hydrogen-bond acceptors (Lipinski definition) is 3. The first-order chi connectivity index (χ1) is 13.3. The molecule has 2 aromatic rings. The maximum atomic E-state index is 13.0. The van der Waals surface area contributed by atoms with Crippen LogP contribution in [0.25, 0.3) is 0 Å². The van der Waals surface area contributed by atoms with E-state index in [2.05, 4.69) is 10.0 Å². The Labute approximate surface area is 168 Å². The Balaban J connectivity index is 2.23. The van der Waals surface area contributed by atoms with Crippen LogP contribution in [0.4, 0.5) is 13.2 Å². The summed E-state index contributed by atoms with van der Waals surface area (Å²) in [5.74, 6) is -0.504. The molecule has 0 aromatic heterocycles. The second-order valence-corrected chi connectivity index (χ2v) is 9.22. The van der Waals surface area contributed by atoms with Gasteiger partial charge in [-0.3, -0.25) is 4.79 Å². The lowest BCUT2D eigenvalue weighted by Crippen LogP contribution is -2.37. The van der Waals surface area contributed by atoms with E-state index in [0.717, 1.165) is 12.1 Å². The molecule has 2 N–H and O–H groups in total. The second kappa shape index (κ2) is 8.16. The summed E-state index contributed by atoms with van der Waals surface area (Å²) in [5.41, 5.74) is -0.346. The number of nitrogens with one attached hydrogen (secondary N) is 2. The third kappa shape index (κ3) is 5.36. The maximum Gasteiger partial charge on any atom is 0.416 e. The van der Waals surface area contributed by atoms with Crippen molar-refractivity contribution in [3.8, 4) is 0 Å². The number of halogens is 3. The minimum Gasteiger partial charge on any atom is -0.351 e. The number of aryl methyl sites for hydroxylation is 1. The molecule has 29 heavy (non-hydrogen) atoms. The number of amides is 1. The Kier molecular flexibility index (Phi) is 6.44. The number of alkyl halides is 3. The first-order valence-corrected chi connectivity index (χ1v) is 10.3. The molecular formula is C20H23F3N2O3S. The van der Waals surface area contributed by atoms with Crippen LogP contribution in [0.15, 0.2) is 47.4 Å². The minimum absolute atomic E-state index is 0.0483. The maximum absolute atomic E-state index is 13.0. The van der Waals surface area contributed by atoms with E-state index in [1.807, 2.05) is 0 Å². The quantitative estimate of drug-likeness (QED) is 0.738. The summed E-state index contributed by atoms with van der Waals surface area (Å²) in [7, 11) is -2.44. The third-order valence-corrected chi connectivity index (χ3v) is 6.11. The molecule has 0 saturated carbocycles. The molecule has 0 aliphatic heterocycles. The highest BCUT2D eigenvalue weighted by atomic mass is 32.2. The number of sulfonamides is 1. The molecule has 0 heterocycles. The molecule has 0 bridgehead atoms. The lowest BCUT2D eigenvalue weighted by molar-refractivity contribution is -0.137. The van der Waals surface area contributed by atoms with E-state index in [1.165, 1.54) is 31.3 Å². The number of benzene rings is 2. The molecule has 0 aliphatic carbocycles. The van der Waals surface area contributed by atoms with E-state index in [9.17, 15) is 26.4 Å². The molecule has 0 atom stereocenters. The van der Waals surface area contributed by atoms with Crippen LogP contribution < -0.4 is 10.0 Å². The topological polar surface area (TPSA) is 75.3 Å². The van der Waals surface area contributed by atoms with Gasteiger partial charge in [0.1, 0.15) is 0 Å². The average molecular weight is 428 g/mol. The number of carbonyl (C=O) groups excluding carboxylic acids is 1. The smallest absolute Gasteiger partial charge is 0.351 e. The highest BCUT2D eigenvalue weighted by Crippen LogP contribution is 2.32. The van der Waals surface area contributed by atoms with Crippen LogP contribution in [-0.2, 0) is 21.6 Å². The van der Waals surface area contributed by atoms with Crippen LogP contribution in [0.3, 0.4) is 0 Å². The van der Waals surface area contributed by atoms with E-state index in [1.54, 1.807) is 26.8 Å². The number of hydrogen-bond donors (Lipinski definition) is 2. The zero-order valence-electron chi connectivity index (χ0n) is 16.5. The Morgan fingerprint density at radius 3 is 2.24 bits per heavy atom. The number of rotatable bonds is 6. The molecule has 0 spiro atoms. The molecular weight excluding hydrogens is 405 g/mol. The predicted octanol–water partition coefficient (Wildman–Crippen LogP) is 3.63. The van der Waals surface area contributed by atoms with E-state index in [0.29, 0.717) is 11.1 Å². The summed E-state index contributed by atoms with van der Waals surface area (Å²) in [4.78, 5) is 12.6. The lowest BCUT2D eigenvalue weighted by atomic mass is 9.83. The van der Waals surface area contributed by atoms with E-state index in [-0.39, 0.29) is 17.0 Å². The van der Waals surface area contributed by atoms with Gasteiger partial charge in [0.2, 0.25) is 10.0 Å². The first kappa shape index (κ1) is 22.9. The predicted molar refractivity (Wildman–Crippen MR) is 104 cm³/mol. The Morgan fingerprint density at radius 1 is 1.03 bits per heavy atom. The molecule has 158 valence electrons. The van der Waals surface area contributed by atoms with Gasteiger partial charge in [-0.25, -0.2) is 13.1 Å². The minimum atomic E-state index is -4.45. The normalized spacial score (nSPS) is 12.7. The van der Waals surface area contributed by atoms with Gasteiger partial charge in [0, 0.05) is 17.5 Å². The molecule has 0 saturated heterocycles. The van der Waals surface area contributed by atoms with Crippen molar-refractivity contribution in [2.45, 2.75) is 37.3 Å². The summed E-state index contributed by atoms with van der Waals surface area (Å²) < 4.78 is 65.0. The van der Waals surface area contributed by atoms with Gasteiger partial charge in [-0.1, -0.05) is 38.1 Å². The van der Waals surface area contributed by atoms with Crippen molar-refractivity contribution in [2.75, 3.05) is 13.6 Å². The average Bonchev–Trinajstić information content (AvgIpc) is 2.65. The zero-order chi connectivity index (χ0) is 22.0. The van der Waals surface area contributed by atoms with Crippen LogP contribution in [-0.4, -0.2) is 27.9 Å². The Morgan fingerprint density at radius 2 is 1.66 bits per heavy atom. The highest BCUT2D eigenvalue weighted by molar-refractivity contribution is 7.89. The van der Waals surface area contributed by atoms with Gasteiger partial charge in [0.15, 0.2) is 0 Å². The van der Waals surface area contributed by atoms with Gasteiger partial charge in [0.05, 0.1) is 10.5 Å². The summed E-state index contributed by atoms with van der Waals surface area (Å²) >= 11 is 0. The molecule has 2 aromatic carbocycles. The molecule has 0 fully saturated rings. The van der Waals surface area contributed by atoms with E-state index >= 15 is 0 Å². The molecule has 2 rings (SSSR count). The molecule has 5 nitrogen and oxygen atoms in total. The van der Waals surface area contributed by atoms with Gasteiger partial charge in [0.25, 0.3) is 5.91 Å². The van der Waals surface area contributed by atoms with Crippen LogP contribution in [0.1, 0.15) is 40.9 Å². The summed E-state index contributed by atoms with van der Waals surface area (Å²) in [5, 5.41) is 2.70. The van der Waals surface area contributed by atoms with Crippen LogP contribution >= 0.6 is 0 Å². The lowest BCUT2D eigenvalue weighted by Gasteiger charge is -2.26. The van der Waals surface area contributed by atoms with Crippen LogP contribution in [0, 0.1) is 6.92 Å². The molecule has 0 unspecified atom stereocenters. The van der Waals surface area contributed by atoms with Gasteiger partial charge in [-0.2, -0.15) is 13.2 Å². The third-order valence-electron chi connectivity index (χ3n) is 4.69. The van der Waals surface area contributed by atoms with E-state index in [4.69, 9.17) is 0 Å². The van der Waals surface area contributed by atoms with Gasteiger partial charge < -0.3 is 5.32 Å². The molecule has 0 radical (unpaired) electrons. The second-order valence-electron chi connectivity index (χ2n) is 7.33. The van der Waals surface area contributed by atoms with Crippen molar-refractivity contribution in [2.24, 2.45) is 0 Å². The van der Waals surface area contributed by atoms with Crippen molar-refractivity contribution in [1.29, 1.82) is 0 Å². The van der Waals surface area contributed by atoms with Crippen molar-refractivity contribution in [3.63, 3.8) is 0 Å². The summed E-state index contributed by atoms with van der Waals surface area (Å²) in [6, 6.07) is 9.16. The fourth-order valence-electron chi connectivity index (χ4n) is 2.75. The largest absolute Gasteiger partial charge is 0.416 e. The fourth-order valence-corrected chi connectivity index (χ4v) is 3.50. The summed E-state index contributed by atoms with van der Waals surface area (Å²) in [6.07, 6.45) is -4.45. The van der Waals surface area contributed by atoms with Crippen molar-refractivity contribution >= 4 is 15.9 Å². The standard InChI is InChI=1S/C20H23F3N2O3S/c1-13-8-9-16(29(27,28)24-4)11-17(13)18(26)25-12-19(2,3)14-6-5-7-15(10-14)20(21,22)23/h5-11,24H,12H2,1-4H3,(H,25,26). The number of carbonyl (C=O) groups is 1. The first-order valence-electron chi connectivity index (χ1n) is 8.78. The van der Waals surface area contributed by atoms with Gasteiger partial charge in [-0.15, -0.1) is 0 Å². The highest BCUT2D eigenvalue weighted by Gasteiger charge is 2.32. The molecule has 1 amide bonds.